The molecule has 3 aromatic heterocycles. The fourth-order valence-electron chi connectivity index (χ4n) is 4.61. The van der Waals surface area contributed by atoms with Crippen LogP contribution in [-0.2, 0) is 30.7 Å². The van der Waals surface area contributed by atoms with E-state index in [-0.39, 0.29) is 17.1 Å². The molecular weight excluding hydrogens is 442 g/mol. The van der Waals surface area contributed by atoms with Crippen molar-refractivity contribution in [2.45, 2.75) is 71.1 Å². The van der Waals surface area contributed by atoms with Gasteiger partial charge in [-0.15, -0.1) is 11.3 Å². The number of methoxy groups -OCH3 is 1. The number of nitrogens with zero attached hydrogens (tertiary/aromatic N) is 3. The third kappa shape index (κ3) is 4.32. The number of carbonyl (C=O) groups excluding carboxylic acids is 1. The summed E-state index contributed by atoms with van der Waals surface area (Å²) in [5, 5.41) is 1.45. The Morgan fingerprint density at radius 3 is 2.78 bits per heavy atom. The summed E-state index contributed by atoms with van der Waals surface area (Å²) in [6, 6.07) is 1.97. The van der Waals surface area contributed by atoms with Crippen LogP contribution in [0.1, 0.15) is 58.4 Å². The molecule has 8 heteroatoms. The van der Waals surface area contributed by atoms with Gasteiger partial charge in [-0.1, -0.05) is 11.8 Å². The lowest BCUT2D eigenvalue weighted by Gasteiger charge is -2.12. The second kappa shape index (κ2) is 9.93. The lowest BCUT2D eigenvalue weighted by atomic mass is 9.97. The summed E-state index contributed by atoms with van der Waals surface area (Å²) in [5.74, 6) is 0.342. The number of carbonyl (C=O) groups is 1. The summed E-state index contributed by atoms with van der Waals surface area (Å²) in [6.45, 7) is 8.09. The highest BCUT2D eigenvalue weighted by Gasteiger charge is 2.23. The fourth-order valence-corrected chi connectivity index (χ4v) is 6.86. The molecule has 1 aliphatic carbocycles. The molecular formula is C24H31N3O3S2. The van der Waals surface area contributed by atoms with Crippen LogP contribution in [0.15, 0.2) is 16.0 Å². The monoisotopic (exact) mass is 473 g/mol. The molecule has 0 saturated heterocycles. The second-order valence-corrected chi connectivity index (χ2v) is 10.4. The molecule has 0 unspecified atom stereocenters. The molecule has 0 amide bonds. The van der Waals surface area contributed by atoms with Gasteiger partial charge >= 0.3 is 0 Å². The van der Waals surface area contributed by atoms with Crippen molar-refractivity contribution in [1.82, 2.24) is 14.1 Å². The van der Waals surface area contributed by atoms with Crippen LogP contribution in [0.4, 0.5) is 0 Å². The Morgan fingerprint density at radius 1 is 1.25 bits per heavy atom. The average molecular weight is 474 g/mol. The Labute approximate surface area is 197 Å². The van der Waals surface area contributed by atoms with Crippen molar-refractivity contribution in [2.75, 3.05) is 19.5 Å². The van der Waals surface area contributed by atoms with E-state index >= 15 is 0 Å². The number of ketones is 1. The van der Waals surface area contributed by atoms with E-state index in [4.69, 9.17) is 9.72 Å². The topological polar surface area (TPSA) is 66.1 Å². The first kappa shape index (κ1) is 23.3. The van der Waals surface area contributed by atoms with E-state index in [2.05, 4.69) is 4.57 Å². The summed E-state index contributed by atoms with van der Waals surface area (Å²) in [4.78, 5) is 33.3. The first-order valence-electron chi connectivity index (χ1n) is 11.3. The Bertz CT molecular complexity index is 1210. The zero-order valence-corrected chi connectivity index (χ0v) is 21.0. The number of rotatable bonds is 9. The molecule has 6 nitrogen and oxygen atoms in total. The SMILES string of the molecule is CCn1c(SCC(=O)c2cc(C)n(CCCOC)c2C)nc2sc3c(c2c1=O)CCCC3. The fraction of sp³-hybridized carbons (Fsp3) is 0.542. The van der Waals surface area contributed by atoms with E-state index < -0.39 is 0 Å². The van der Waals surface area contributed by atoms with Crippen molar-refractivity contribution in [2.24, 2.45) is 0 Å². The molecule has 3 aromatic rings. The van der Waals surface area contributed by atoms with Crippen LogP contribution in [0.5, 0.6) is 0 Å². The highest BCUT2D eigenvalue weighted by atomic mass is 32.2. The van der Waals surface area contributed by atoms with Crippen LogP contribution in [0, 0.1) is 13.8 Å². The third-order valence-corrected chi connectivity index (χ3v) is 8.45. The summed E-state index contributed by atoms with van der Waals surface area (Å²) in [5.41, 5.74) is 4.09. The molecule has 0 saturated carbocycles. The van der Waals surface area contributed by atoms with Crippen molar-refractivity contribution in [3.05, 3.63) is 43.8 Å². The smallest absolute Gasteiger partial charge is 0.263 e. The Hall–Kier alpha value is -1.90. The highest BCUT2D eigenvalue weighted by molar-refractivity contribution is 7.99. The van der Waals surface area contributed by atoms with Gasteiger partial charge in [-0.3, -0.25) is 14.2 Å². The van der Waals surface area contributed by atoms with E-state index in [0.29, 0.717) is 18.3 Å². The molecule has 0 atom stereocenters. The van der Waals surface area contributed by atoms with E-state index in [1.54, 1.807) is 23.0 Å². The summed E-state index contributed by atoms with van der Waals surface area (Å²) < 4.78 is 9.07. The van der Waals surface area contributed by atoms with E-state index in [1.807, 2.05) is 26.8 Å². The number of ether oxygens (including phenoxy) is 1. The predicted octanol–water partition coefficient (Wildman–Crippen LogP) is 4.79. The van der Waals surface area contributed by atoms with Gasteiger partial charge < -0.3 is 9.30 Å². The summed E-state index contributed by atoms with van der Waals surface area (Å²) >= 11 is 3.03. The number of thioether (sulfide) groups is 1. The quantitative estimate of drug-likeness (QED) is 0.194. The number of aryl methyl sites for hydroxylation is 3. The number of aromatic nitrogens is 3. The van der Waals surface area contributed by atoms with Crippen LogP contribution < -0.4 is 5.56 Å². The minimum Gasteiger partial charge on any atom is -0.385 e. The van der Waals surface area contributed by atoms with Gasteiger partial charge in [0.05, 0.1) is 11.1 Å². The molecule has 0 fully saturated rings. The Kier molecular flexibility index (Phi) is 7.22. The second-order valence-electron chi connectivity index (χ2n) is 8.33. The van der Waals surface area contributed by atoms with Crippen LogP contribution in [0.25, 0.3) is 10.2 Å². The van der Waals surface area contributed by atoms with Crippen LogP contribution in [-0.4, -0.2) is 39.4 Å². The van der Waals surface area contributed by atoms with Gasteiger partial charge in [0.15, 0.2) is 10.9 Å². The summed E-state index contributed by atoms with van der Waals surface area (Å²) in [6.07, 6.45) is 5.25. The lowest BCUT2D eigenvalue weighted by Crippen LogP contribution is -2.23. The van der Waals surface area contributed by atoms with Crippen molar-refractivity contribution >= 4 is 39.1 Å². The molecule has 0 aromatic carbocycles. The Morgan fingerprint density at radius 2 is 2.03 bits per heavy atom. The minimum atomic E-state index is 0.0446. The molecule has 0 radical (unpaired) electrons. The molecule has 0 spiro atoms. The van der Waals surface area contributed by atoms with Gasteiger partial charge in [-0.2, -0.15) is 0 Å². The number of hydrogen-bond donors (Lipinski definition) is 0. The largest absolute Gasteiger partial charge is 0.385 e. The van der Waals surface area contributed by atoms with Gasteiger partial charge in [0.1, 0.15) is 4.83 Å². The maximum atomic E-state index is 13.3. The van der Waals surface area contributed by atoms with Gasteiger partial charge in [0, 0.05) is 48.6 Å². The zero-order valence-electron chi connectivity index (χ0n) is 19.3. The van der Waals surface area contributed by atoms with Crippen LogP contribution >= 0.6 is 23.1 Å². The highest BCUT2D eigenvalue weighted by Crippen LogP contribution is 2.34. The summed E-state index contributed by atoms with van der Waals surface area (Å²) in [7, 11) is 1.70. The van der Waals surface area contributed by atoms with Crippen molar-refractivity contribution < 1.29 is 9.53 Å². The molecule has 32 heavy (non-hydrogen) atoms. The first-order valence-corrected chi connectivity index (χ1v) is 13.1. The van der Waals surface area contributed by atoms with Gasteiger partial charge in [0.25, 0.3) is 5.56 Å². The normalized spacial score (nSPS) is 13.6. The number of fused-ring (bicyclic) bond motifs is 3. The predicted molar refractivity (Wildman–Crippen MR) is 132 cm³/mol. The van der Waals surface area contributed by atoms with E-state index in [0.717, 1.165) is 59.4 Å². The van der Waals surface area contributed by atoms with Gasteiger partial charge in [0.2, 0.25) is 0 Å². The number of Topliss-reactive ketones (excluding diaryl/α,β-unsaturated/α-hetero) is 1. The first-order chi connectivity index (χ1) is 15.5. The van der Waals surface area contributed by atoms with Crippen molar-refractivity contribution in [3.8, 4) is 0 Å². The number of thiophene rings is 1. The molecule has 4 rings (SSSR count). The molecule has 0 N–H and O–H groups in total. The Balaban J connectivity index is 1.57. The minimum absolute atomic E-state index is 0.0446. The van der Waals surface area contributed by atoms with Gasteiger partial charge in [-0.25, -0.2) is 4.98 Å². The van der Waals surface area contributed by atoms with E-state index in [1.165, 1.54) is 28.6 Å². The van der Waals surface area contributed by atoms with E-state index in [9.17, 15) is 9.59 Å². The van der Waals surface area contributed by atoms with Gasteiger partial charge in [-0.05, 0) is 64.5 Å². The average Bonchev–Trinajstić information content (AvgIpc) is 3.29. The van der Waals surface area contributed by atoms with Crippen LogP contribution in [0.3, 0.4) is 0 Å². The third-order valence-electron chi connectivity index (χ3n) is 6.29. The maximum Gasteiger partial charge on any atom is 0.263 e. The van der Waals surface area contributed by atoms with Crippen molar-refractivity contribution in [3.63, 3.8) is 0 Å². The maximum absolute atomic E-state index is 13.3. The lowest BCUT2D eigenvalue weighted by molar-refractivity contribution is 0.102. The molecule has 3 heterocycles. The molecule has 1 aliphatic rings. The zero-order chi connectivity index (χ0) is 22.8. The number of hydrogen-bond acceptors (Lipinski definition) is 6. The molecule has 0 bridgehead atoms. The standard InChI is InChI=1S/C24H31N3O3S2/c1-5-26-23(29)21-17-9-6-7-10-20(17)32-22(21)25-24(26)31-14-19(28)18-13-15(2)27(16(18)3)11-8-12-30-4/h13H,5-12,14H2,1-4H3. The molecule has 172 valence electrons. The molecule has 0 aliphatic heterocycles. The van der Waals surface area contributed by atoms with Crippen molar-refractivity contribution in [1.29, 1.82) is 0 Å². The van der Waals surface area contributed by atoms with Crippen LogP contribution in [0.2, 0.25) is 0 Å².